The van der Waals surface area contributed by atoms with E-state index in [0.29, 0.717) is 25.5 Å². The van der Waals surface area contributed by atoms with Crippen molar-refractivity contribution in [1.29, 1.82) is 0 Å². The Morgan fingerprint density at radius 1 is 1.33 bits per heavy atom. The predicted molar refractivity (Wildman–Crippen MR) is 124 cm³/mol. The summed E-state index contributed by atoms with van der Waals surface area (Å²) in [7, 11) is 0. The Bertz CT molecular complexity index is 1170. The first-order valence-electron chi connectivity index (χ1n) is 9.45. The average Bonchev–Trinajstić information content (AvgIpc) is 3.36. The van der Waals surface area contributed by atoms with Crippen LogP contribution in [0.3, 0.4) is 0 Å². The lowest BCUT2D eigenvalue weighted by Gasteiger charge is -2.11. The molecule has 8 heteroatoms. The zero-order valence-electron chi connectivity index (χ0n) is 16.2. The average molecular weight is 421 g/mol. The van der Waals surface area contributed by atoms with Gasteiger partial charge in [-0.25, -0.2) is 4.39 Å². The van der Waals surface area contributed by atoms with Gasteiger partial charge < -0.3 is 5.32 Å². The Hall–Kier alpha value is -3.36. The van der Waals surface area contributed by atoms with E-state index in [-0.39, 0.29) is 5.83 Å². The van der Waals surface area contributed by atoms with E-state index in [4.69, 9.17) is 4.99 Å². The van der Waals surface area contributed by atoms with E-state index in [0.717, 1.165) is 32.7 Å². The number of anilines is 1. The molecule has 30 heavy (non-hydrogen) atoms. The normalized spacial score (nSPS) is 14.4. The minimum absolute atomic E-state index is 0.211. The van der Waals surface area contributed by atoms with Gasteiger partial charge in [-0.3, -0.25) is 20.4 Å². The van der Waals surface area contributed by atoms with Gasteiger partial charge in [0.1, 0.15) is 11.7 Å². The molecule has 6 nitrogen and oxygen atoms in total. The Balaban J connectivity index is 1.51. The number of halogens is 1. The number of H-pyrrole nitrogens is 1. The van der Waals surface area contributed by atoms with Crippen LogP contribution in [0.5, 0.6) is 0 Å². The standard InChI is InChI=1S/C22H21FN6S/c1-24-20-8-9-30-21(20)22(28-18-6-7-19-16(11-18)13-27-29-19)26-14-25-12-15-4-2-3-5-17(23)10-15/h2,4-11,13,25H,1,3,12,14H2,(H,26,28)(H,27,29). The highest BCUT2D eigenvalue weighted by Gasteiger charge is 2.12. The van der Waals surface area contributed by atoms with Gasteiger partial charge in [-0.05, 0) is 60.5 Å². The monoisotopic (exact) mass is 420 g/mol. The molecular formula is C22H21FN6S. The van der Waals surface area contributed by atoms with Crippen molar-refractivity contribution < 1.29 is 4.39 Å². The third-order valence-electron chi connectivity index (χ3n) is 4.52. The van der Waals surface area contributed by atoms with Crippen LogP contribution in [0.25, 0.3) is 10.9 Å². The number of aliphatic imine (C=N–C) groups is 2. The number of nitrogens with zero attached hydrogens (tertiary/aromatic N) is 3. The molecule has 1 aromatic carbocycles. The molecule has 0 aliphatic heterocycles. The fourth-order valence-corrected chi connectivity index (χ4v) is 3.87. The second-order valence-electron chi connectivity index (χ2n) is 6.63. The number of amidine groups is 1. The van der Waals surface area contributed by atoms with E-state index < -0.39 is 0 Å². The van der Waals surface area contributed by atoms with Crippen LogP contribution in [0, 0.1) is 0 Å². The van der Waals surface area contributed by atoms with Crippen molar-refractivity contribution in [3.05, 3.63) is 76.4 Å². The van der Waals surface area contributed by atoms with Gasteiger partial charge >= 0.3 is 0 Å². The molecule has 0 atom stereocenters. The van der Waals surface area contributed by atoms with Crippen LogP contribution in [-0.4, -0.2) is 36.0 Å². The van der Waals surface area contributed by atoms with E-state index in [9.17, 15) is 4.39 Å². The zero-order chi connectivity index (χ0) is 20.8. The molecule has 1 aliphatic rings. The molecule has 4 rings (SSSR count). The highest BCUT2D eigenvalue weighted by atomic mass is 32.1. The van der Waals surface area contributed by atoms with Gasteiger partial charge in [-0.15, -0.1) is 11.3 Å². The number of hydrogen-bond acceptors (Lipinski definition) is 5. The van der Waals surface area contributed by atoms with Gasteiger partial charge in [-0.1, -0.05) is 12.2 Å². The summed E-state index contributed by atoms with van der Waals surface area (Å²) in [6, 6.07) is 7.85. The lowest BCUT2D eigenvalue weighted by atomic mass is 10.2. The van der Waals surface area contributed by atoms with Crippen molar-refractivity contribution in [1.82, 2.24) is 15.5 Å². The molecule has 2 heterocycles. The Morgan fingerprint density at radius 2 is 2.27 bits per heavy atom. The van der Waals surface area contributed by atoms with Crippen molar-refractivity contribution in [3.8, 4) is 0 Å². The predicted octanol–water partition coefficient (Wildman–Crippen LogP) is 5.10. The molecule has 0 bridgehead atoms. The van der Waals surface area contributed by atoms with Crippen LogP contribution < -0.4 is 10.6 Å². The maximum absolute atomic E-state index is 13.6. The Kier molecular flexibility index (Phi) is 6.26. The molecule has 1 aliphatic carbocycles. The molecule has 0 spiro atoms. The van der Waals surface area contributed by atoms with Gasteiger partial charge in [0.15, 0.2) is 0 Å². The zero-order valence-corrected chi connectivity index (χ0v) is 17.0. The molecular weight excluding hydrogens is 399 g/mol. The molecule has 0 radical (unpaired) electrons. The molecule has 2 aromatic heterocycles. The Morgan fingerprint density at radius 3 is 3.17 bits per heavy atom. The molecule has 0 amide bonds. The quantitative estimate of drug-likeness (QED) is 0.283. The number of aromatic amines is 1. The summed E-state index contributed by atoms with van der Waals surface area (Å²) in [6.07, 6.45) is 9.35. The second kappa shape index (κ2) is 9.43. The van der Waals surface area contributed by atoms with Crippen LogP contribution in [0.1, 0.15) is 11.3 Å². The topological polar surface area (TPSA) is 77.5 Å². The van der Waals surface area contributed by atoms with E-state index in [2.05, 4.69) is 32.5 Å². The summed E-state index contributed by atoms with van der Waals surface area (Å²) in [4.78, 5) is 9.70. The van der Waals surface area contributed by atoms with E-state index in [1.807, 2.05) is 41.8 Å². The second-order valence-corrected chi connectivity index (χ2v) is 7.54. The third kappa shape index (κ3) is 4.79. The number of fused-ring (bicyclic) bond motifs is 1. The molecule has 0 fully saturated rings. The fraction of sp³-hybridized carbons (Fsp3) is 0.136. The summed E-state index contributed by atoms with van der Waals surface area (Å²) < 4.78 is 13.6. The van der Waals surface area contributed by atoms with Crippen molar-refractivity contribution in [3.63, 3.8) is 0 Å². The molecule has 0 saturated heterocycles. The minimum Gasteiger partial charge on any atom is -0.339 e. The summed E-state index contributed by atoms with van der Waals surface area (Å²) >= 11 is 1.54. The number of allylic oxidation sites excluding steroid dienone is 4. The number of hydrogen-bond donors (Lipinski definition) is 3. The number of thiophene rings is 1. The maximum atomic E-state index is 13.6. The van der Waals surface area contributed by atoms with Crippen molar-refractivity contribution in [2.75, 3.05) is 18.5 Å². The van der Waals surface area contributed by atoms with Crippen molar-refractivity contribution in [2.45, 2.75) is 6.42 Å². The lowest BCUT2D eigenvalue weighted by Crippen LogP contribution is -2.20. The van der Waals surface area contributed by atoms with Gasteiger partial charge in [0.25, 0.3) is 0 Å². The van der Waals surface area contributed by atoms with E-state index in [1.54, 1.807) is 29.7 Å². The first-order chi connectivity index (χ1) is 14.7. The SMILES string of the molecule is C=Nc1ccsc1/C(=N\CNCC1=CC(F)=CCC=C1)Nc1ccc2[nH]ncc2c1. The largest absolute Gasteiger partial charge is 0.339 e. The van der Waals surface area contributed by atoms with E-state index >= 15 is 0 Å². The van der Waals surface area contributed by atoms with Gasteiger partial charge in [-0.2, -0.15) is 5.10 Å². The molecule has 0 saturated carbocycles. The van der Waals surface area contributed by atoms with E-state index in [1.165, 1.54) is 0 Å². The van der Waals surface area contributed by atoms with Crippen molar-refractivity contribution in [2.24, 2.45) is 9.98 Å². The first kappa shape index (κ1) is 19.9. The van der Waals surface area contributed by atoms with Crippen LogP contribution in [-0.2, 0) is 0 Å². The fourth-order valence-electron chi connectivity index (χ4n) is 3.06. The smallest absolute Gasteiger partial charge is 0.146 e. The summed E-state index contributed by atoms with van der Waals surface area (Å²) in [6.45, 7) is 4.53. The molecule has 3 aromatic rings. The van der Waals surface area contributed by atoms with Gasteiger partial charge in [0.05, 0.1) is 28.9 Å². The molecule has 3 N–H and O–H groups in total. The van der Waals surface area contributed by atoms with Crippen molar-refractivity contribution >= 4 is 46.2 Å². The van der Waals surface area contributed by atoms with Gasteiger partial charge in [0, 0.05) is 17.6 Å². The third-order valence-corrected chi connectivity index (χ3v) is 5.43. The maximum Gasteiger partial charge on any atom is 0.146 e. The summed E-state index contributed by atoms with van der Waals surface area (Å²) in [5.74, 6) is 0.483. The number of rotatable bonds is 7. The minimum atomic E-state index is -0.211. The Labute approximate surface area is 177 Å². The van der Waals surface area contributed by atoms with Crippen LogP contribution >= 0.6 is 11.3 Å². The number of benzene rings is 1. The number of aromatic nitrogens is 2. The lowest BCUT2D eigenvalue weighted by molar-refractivity contribution is 0.660. The van der Waals surface area contributed by atoms with Crippen LogP contribution in [0.2, 0.25) is 0 Å². The van der Waals surface area contributed by atoms with Crippen LogP contribution in [0.4, 0.5) is 15.8 Å². The summed E-state index contributed by atoms with van der Waals surface area (Å²) in [5, 5.41) is 16.6. The highest BCUT2D eigenvalue weighted by molar-refractivity contribution is 7.12. The molecule has 152 valence electrons. The number of nitrogens with one attached hydrogen (secondary N) is 3. The molecule has 0 unspecified atom stereocenters. The summed E-state index contributed by atoms with van der Waals surface area (Å²) in [5.41, 5.74) is 3.52. The van der Waals surface area contributed by atoms with Crippen LogP contribution in [0.15, 0.2) is 81.5 Å². The van der Waals surface area contributed by atoms with Gasteiger partial charge in [0.2, 0.25) is 0 Å². The highest BCUT2D eigenvalue weighted by Crippen LogP contribution is 2.27. The first-order valence-corrected chi connectivity index (χ1v) is 10.3.